The van der Waals surface area contributed by atoms with Gasteiger partial charge in [0.25, 0.3) is 0 Å². The van der Waals surface area contributed by atoms with E-state index in [0.717, 1.165) is 11.5 Å². The van der Waals surface area contributed by atoms with Crippen molar-refractivity contribution in [3.8, 4) is 0 Å². The molecular weight excluding hydrogens is 422 g/mol. The molecule has 0 atom stereocenters. The third-order valence-corrected chi connectivity index (χ3v) is 13.6. The fourth-order valence-corrected chi connectivity index (χ4v) is 9.88. The van der Waals surface area contributed by atoms with Gasteiger partial charge >= 0.3 is 0 Å². The van der Waals surface area contributed by atoms with Crippen molar-refractivity contribution in [1.29, 1.82) is 0 Å². The van der Waals surface area contributed by atoms with Crippen LogP contribution in [0.15, 0.2) is 12.2 Å². The molecule has 0 aromatic rings. The average Bonchev–Trinajstić information content (AvgIpc) is 2.50. The summed E-state index contributed by atoms with van der Waals surface area (Å²) in [6.45, 7) is 11.2. The van der Waals surface area contributed by atoms with E-state index in [0.29, 0.717) is 26.4 Å². The average molecular weight is 449 g/mol. The smallest absolute Gasteiger partial charge is 0.247 e. The summed E-state index contributed by atoms with van der Waals surface area (Å²) in [5, 5.41) is 0. The van der Waals surface area contributed by atoms with E-state index in [9.17, 15) is 0 Å². The van der Waals surface area contributed by atoms with Crippen LogP contribution in [0.3, 0.4) is 0 Å². The molecule has 24 heavy (non-hydrogen) atoms. The minimum Gasteiger partial charge on any atom is -0.321 e. The topological polar surface area (TPSA) is 36.9 Å². The highest BCUT2D eigenvalue weighted by molar-refractivity contribution is 8.68. The van der Waals surface area contributed by atoms with E-state index >= 15 is 0 Å². The largest absolute Gasteiger partial charge is 0.321 e. The van der Waals surface area contributed by atoms with Crippen molar-refractivity contribution < 1.29 is 18.1 Å². The van der Waals surface area contributed by atoms with Crippen LogP contribution in [0.25, 0.3) is 0 Å². The number of hydrogen-bond donors (Lipinski definition) is 0. The Morgan fingerprint density at radius 3 is 1.33 bits per heavy atom. The van der Waals surface area contributed by atoms with Gasteiger partial charge in [-0.15, -0.1) is 0 Å². The van der Waals surface area contributed by atoms with Gasteiger partial charge in [0, 0.05) is 22.3 Å². The molecule has 10 heteroatoms. The van der Waals surface area contributed by atoms with Crippen LogP contribution in [0.2, 0.25) is 0 Å². The maximum absolute atomic E-state index is 5.79. The Labute approximate surface area is 164 Å². The van der Waals surface area contributed by atoms with Crippen LogP contribution in [0.1, 0.15) is 27.7 Å². The van der Waals surface area contributed by atoms with Crippen LogP contribution in [-0.4, -0.2) is 37.9 Å². The summed E-state index contributed by atoms with van der Waals surface area (Å²) < 4.78 is 23.2. The van der Waals surface area contributed by atoms with Crippen molar-refractivity contribution in [2.24, 2.45) is 10.8 Å². The predicted molar refractivity (Wildman–Crippen MR) is 114 cm³/mol. The lowest BCUT2D eigenvalue weighted by Crippen LogP contribution is -2.28. The first kappa shape index (κ1) is 21.9. The third kappa shape index (κ3) is 7.30. The maximum atomic E-state index is 5.79. The molecule has 2 aliphatic heterocycles. The minimum atomic E-state index is -2.17. The van der Waals surface area contributed by atoms with Gasteiger partial charge in [-0.05, 0) is 23.6 Å². The van der Waals surface area contributed by atoms with Crippen molar-refractivity contribution in [2.45, 2.75) is 27.7 Å². The first-order valence-corrected chi connectivity index (χ1v) is 16.2. The highest BCUT2D eigenvalue weighted by Crippen LogP contribution is 2.65. The predicted octanol–water partition coefficient (Wildman–Crippen LogP) is 5.60. The van der Waals surface area contributed by atoms with Gasteiger partial charge in [-0.1, -0.05) is 62.6 Å². The molecule has 0 bridgehead atoms. The molecule has 2 rings (SSSR count). The maximum Gasteiger partial charge on any atom is 0.247 e. The van der Waals surface area contributed by atoms with Crippen LogP contribution >= 0.6 is 34.2 Å². The summed E-state index contributed by atoms with van der Waals surface area (Å²) in [5.41, 5.74) is -4.21. The Morgan fingerprint density at radius 2 is 1.04 bits per heavy atom. The van der Waals surface area contributed by atoms with Gasteiger partial charge in [-0.2, -0.15) is 0 Å². The zero-order valence-corrected chi connectivity index (χ0v) is 19.6. The van der Waals surface area contributed by atoms with Crippen LogP contribution in [0, 0.1) is 10.8 Å². The molecule has 2 aliphatic rings. The van der Waals surface area contributed by atoms with E-state index in [1.54, 1.807) is 22.8 Å². The first-order valence-electron chi connectivity index (χ1n) is 7.76. The van der Waals surface area contributed by atoms with Crippen LogP contribution < -0.4 is 0 Å². The van der Waals surface area contributed by atoms with Crippen molar-refractivity contribution in [3.05, 3.63) is 12.2 Å². The molecule has 0 unspecified atom stereocenters. The lowest BCUT2D eigenvalue weighted by molar-refractivity contribution is 0.0671. The van der Waals surface area contributed by atoms with Crippen molar-refractivity contribution >= 4 is 57.8 Å². The summed E-state index contributed by atoms with van der Waals surface area (Å²) in [4.78, 5) is 0. The van der Waals surface area contributed by atoms with Gasteiger partial charge in [-0.3, -0.25) is 0 Å². The van der Waals surface area contributed by atoms with Crippen LogP contribution in [0.4, 0.5) is 0 Å². The van der Waals surface area contributed by atoms with Crippen molar-refractivity contribution in [1.82, 2.24) is 0 Å². The molecule has 0 aliphatic carbocycles. The van der Waals surface area contributed by atoms with Gasteiger partial charge in [-0.25, -0.2) is 0 Å². The van der Waals surface area contributed by atoms with E-state index in [1.165, 1.54) is 0 Å². The van der Waals surface area contributed by atoms with Crippen molar-refractivity contribution in [2.75, 3.05) is 37.9 Å². The molecule has 0 N–H and O–H groups in total. The second kappa shape index (κ2) is 8.72. The summed E-state index contributed by atoms with van der Waals surface area (Å²) in [5.74, 6) is 1.58. The van der Waals surface area contributed by atoms with E-state index in [2.05, 4.69) is 39.8 Å². The Balaban J connectivity index is 1.65. The SMILES string of the molecule is CC1(C)COP(=S)(SC/C=C/CSP2(=S)OCC(C)(C)CO2)OC1. The summed E-state index contributed by atoms with van der Waals surface area (Å²) in [7, 11) is 0. The molecule has 2 fully saturated rings. The fraction of sp³-hybridized carbons (Fsp3) is 0.857. The molecule has 0 spiro atoms. The number of hydrogen-bond acceptors (Lipinski definition) is 8. The zero-order chi connectivity index (χ0) is 17.9. The van der Waals surface area contributed by atoms with Gasteiger partial charge in [0.1, 0.15) is 0 Å². The fourth-order valence-electron chi connectivity index (χ4n) is 1.73. The molecular formula is C14H26O4P2S4. The molecule has 0 radical (unpaired) electrons. The quantitative estimate of drug-likeness (QED) is 0.384. The molecule has 2 saturated heterocycles. The highest BCUT2D eigenvalue weighted by atomic mass is 32.9. The van der Waals surface area contributed by atoms with Crippen LogP contribution in [0.5, 0.6) is 0 Å². The molecule has 2 heterocycles. The Bertz CT molecular complexity index is 489. The monoisotopic (exact) mass is 448 g/mol. The van der Waals surface area contributed by atoms with E-state index < -0.39 is 11.4 Å². The molecule has 4 nitrogen and oxygen atoms in total. The van der Waals surface area contributed by atoms with Gasteiger partial charge in [0.15, 0.2) is 0 Å². The van der Waals surface area contributed by atoms with Crippen LogP contribution in [-0.2, 0) is 41.7 Å². The molecule has 0 aromatic carbocycles. The summed E-state index contributed by atoms with van der Waals surface area (Å²) >= 11 is 14.2. The lowest BCUT2D eigenvalue weighted by Gasteiger charge is -2.35. The minimum absolute atomic E-state index is 0.0609. The second-order valence-corrected chi connectivity index (χ2v) is 20.1. The van der Waals surface area contributed by atoms with Gasteiger partial charge in [0.2, 0.25) is 11.4 Å². The highest BCUT2D eigenvalue weighted by Gasteiger charge is 2.34. The van der Waals surface area contributed by atoms with E-state index in [-0.39, 0.29) is 10.8 Å². The Morgan fingerprint density at radius 1 is 0.750 bits per heavy atom. The van der Waals surface area contributed by atoms with Gasteiger partial charge in [0.05, 0.1) is 26.4 Å². The van der Waals surface area contributed by atoms with E-state index in [4.69, 9.17) is 41.7 Å². The van der Waals surface area contributed by atoms with Gasteiger partial charge < -0.3 is 18.1 Å². The molecule has 0 aromatic heterocycles. The molecule has 0 amide bonds. The Hall–Kier alpha value is 1.58. The standard InChI is InChI=1S/C14H26O4P2S4/c1-13(2)9-15-19(21,16-10-13)23-7-5-6-8-24-20(22)17-11-14(3,4)12-18-20/h5-6H,7-12H2,1-4H3/b6-5+. The Kier molecular flexibility index (Phi) is 7.95. The van der Waals surface area contributed by atoms with Crippen molar-refractivity contribution in [3.63, 3.8) is 0 Å². The molecule has 0 saturated carbocycles. The summed E-state index contributed by atoms with van der Waals surface area (Å²) in [6.07, 6.45) is 4.18. The number of rotatable bonds is 6. The summed E-state index contributed by atoms with van der Waals surface area (Å²) in [6, 6.07) is 0. The second-order valence-electron chi connectivity index (χ2n) is 7.38. The lowest BCUT2D eigenvalue weighted by atomic mass is 9.97. The van der Waals surface area contributed by atoms with E-state index in [1.807, 2.05) is 0 Å². The zero-order valence-electron chi connectivity index (χ0n) is 14.6. The normalized spacial score (nSPS) is 28.0. The first-order chi connectivity index (χ1) is 11.0. The third-order valence-electron chi connectivity index (χ3n) is 3.28. The molecule has 140 valence electrons.